The average molecular weight is 304 g/mol. The lowest BCUT2D eigenvalue weighted by molar-refractivity contribution is 0.484. The number of hydrogen-bond donors (Lipinski definition) is 1. The SMILES string of the molecule is C[C@H]1CCCCN1c1c(Cl)cc(N)cc1Br. The topological polar surface area (TPSA) is 29.3 Å². The Hall–Kier alpha value is -0.410. The van der Waals surface area contributed by atoms with E-state index in [9.17, 15) is 0 Å². The molecule has 2 N–H and O–H groups in total. The molecule has 1 atom stereocenters. The van der Waals surface area contributed by atoms with Gasteiger partial charge in [0.05, 0.1) is 10.7 Å². The minimum atomic E-state index is 0.547. The molecule has 4 heteroatoms. The summed E-state index contributed by atoms with van der Waals surface area (Å²) in [6.07, 6.45) is 3.77. The monoisotopic (exact) mass is 302 g/mol. The van der Waals surface area contributed by atoms with Crippen LogP contribution in [0.25, 0.3) is 0 Å². The van der Waals surface area contributed by atoms with Crippen molar-refractivity contribution < 1.29 is 0 Å². The summed E-state index contributed by atoms with van der Waals surface area (Å²) in [6.45, 7) is 3.32. The van der Waals surface area contributed by atoms with Gasteiger partial charge in [0, 0.05) is 22.7 Å². The molecule has 0 amide bonds. The smallest absolute Gasteiger partial charge is 0.0703 e. The molecule has 2 rings (SSSR count). The van der Waals surface area contributed by atoms with Crippen molar-refractivity contribution in [3.05, 3.63) is 21.6 Å². The number of hydrogen-bond acceptors (Lipinski definition) is 2. The van der Waals surface area contributed by atoms with Crippen molar-refractivity contribution >= 4 is 38.9 Å². The van der Waals surface area contributed by atoms with Gasteiger partial charge in [0.1, 0.15) is 0 Å². The third kappa shape index (κ3) is 2.30. The molecule has 16 heavy (non-hydrogen) atoms. The Morgan fingerprint density at radius 2 is 2.19 bits per heavy atom. The van der Waals surface area contributed by atoms with E-state index in [0.29, 0.717) is 11.7 Å². The van der Waals surface area contributed by atoms with Gasteiger partial charge in [-0.25, -0.2) is 0 Å². The van der Waals surface area contributed by atoms with Gasteiger partial charge in [-0.05, 0) is 54.2 Å². The minimum absolute atomic E-state index is 0.547. The number of nitrogens with two attached hydrogens (primary N) is 1. The highest BCUT2D eigenvalue weighted by atomic mass is 79.9. The molecular formula is C12H16BrClN2. The Morgan fingerprint density at radius 1 is 1.44 bits per heavy atom. The molecule has 1 aromatic carbocycles. The number of benzene rings is 1. The van der Waals surface area contributed by atoms with E-state index in [4.69, 9.17) is 17.3 Å². The van der Waals surface area contributed by atoms with Crippen molar-refractivity contribution in [1.82, 2.24) is 0 Å². The predicted octanol–water partition coefficient (Wildman–Crippen LogP) is 4.06. The number of halogens is 2. The molecule has 0 aliphatic carbocycles. The number of rotatable bonds is 1. The van der Waals surface area contributed by atoms with Gasteiger partial charge in [-0.2, -0.15) is 0 Å². The van der Waals surface area contributed by atoms with Crippen molar-refractivity contribution in [1.29, 1.82) is 0 Å². The van der Waals surface area contributed by atoms with E-state index in [2.05, 4.69) is 27.8 Å². The van der Waals surface area contributed by atoms with Gasteiger partial charge >= 0.3 is 0 Å². The summed E-state index contributed by atoms with van der Waals surface area (Å²) < 4.78 is 0.992. The van der Waals surface area contributed by atoms with Crippen LogP contribution >= 0.6 is 27.5 Å². The highest BCUT2D eigenvalue weighted by Crippen LogP contribution is 2.38. The Balaban J connectivity index is 2.38. The predicted molar refractivity (Wildman–Crippen MR) is 74.2 cm³/mol. The average Bonchev–Trinajstić information content (AvgIpc) is 2.19. The van der Waals surface area contributed by atoms with E-state index in [1.807, 2.05) is 12.1 Å². The third-order valence-electron chi connectivity index (χ3n) is 3.13. The lowest BCUT2D eigenvalue weighted by atomic mass is 10.0. The van der Waals surface area contributed by atoms with Gasteiger partial charge in [-0.15, -0.1) is 0 Å². The highest BCUT2D eigenvalue weighted by molar-refractivity contribution is 9.10. The molecule has 1 fully saturated rings. The fourth-order valence-corrected chi connectivity index (χ4v) is 3.45. The molecule has 88 valence electrons. The molecule has 0 aromatic heterocycles. The van der Waals surface area contributed by atoms with E-state index in [0.717, 1.165) is 21.7 Å². The van der Waals surface area contributed by atoms with E-state index in [1.165, 1.54) is 19.3 Å². The number of anilines is 2. The first-order valence-electron chi connectivity index (χ1n) is 5.60. The lowest BCUT2D eigenvalue weighted by Crippen LogP contribution is -2.37. The van der Waals surface area contributed by atoms with E-state index in [-0.39, 0.29) is 0 Å². The van der Waals surface area contributed by atoms with Gasteiger partial charge in [0.15, 0.2) is 0 Å². The molecule has 1 aliphatic rings. The Labute approximate surface area is 110 Å². The maximum absolute atomic E-state index is 6.28. The Kier molecular flexibility index (Phi) is 3.65. The molecule has 0 radical (unpaired) electrons. The van der Waals surface area contributed by atoms with Gasteiger partial charge in [0.2, 0.25) is 0 Å². The van der Waals surface area contributed by atoms with E-state index >= 15 is 0 Å². The maximum Gasteiger partial charge on any atom is 0.0703 e. The molecule has 1 aliphatic heterocycles. The highest BCUT2D eigenvalue weighted by Gasteiger charge is 2.22. The Morgan fingerprint density at radius 3 is 2.81 bits per heavy atom. The van der Waals surface area contributed by atoms with Gasteiger partial charge in [0.25, 0.3) is 0 Å². The molecule has 0 bridgehead atoms. The zero-order valence-corrected chi connectivity index (χ0v) is 11.7. The number of piperidine rings is 1. The zero-order chi connectivity index (χ0) is 11.7. The van der Waals surface area contributed by atoms with Crippen molar-refractivity contribution in [2.45, 2.75) is 32.2 Å². The minimum Gasteiger partial charge on any atom is -0.399 e. The summed E-state index contributed by atoms with van der Waals surface area (Å²) >= 11 is 9.84. The molecular weight excluding hydrogens is 288 g/mol. The second kappa shape index (κ2) is 4.84. The van der Waals surface area contributed by atoms with Crippen LogP contribution in [0.1, 0.15) is 26.2 Å². The first-order chi connectivity index (χ1) is 7.59. The van der Waals surface area contributed by atoms with Crippen LogP contribution in [0.15, 0.2) is 16.6 Å². The molecule has 1 aromatic rings. The number of nitrogens with zero attached hydrogens (tertiary/aromatic N) is 1. The molecule has 2 nitrogen and oxygen atoms in total. The fraction of sp³-hybridized carbons (Fsp3) is 0.500. The third-order valence-corrected chi connectivity index (χ3v) is 4.02. The van der Waals surface area contributed by atoms with Gasteiger partial charge < -0.3 is 10.6 Å². The summed E-state index contributed by atoms with van der Waals surface area (Å²) in [5.74, 6) is 0. The maximum atomic E-state index is 6.28. The van der Waals surface area contributed by atoms with Crippen LogP contribution in [-0.2, 0) is 0 Å². The van der Waals surface area contributed by atoms with E-state index in [1.54, 1.807) is 0 Å². The van der Waals surface area contributed by atoms with Crippen molar-refractivity contribution in [2.75, 3.05) is 17.2 Å². The summed E-state index contributed by atoms with van der Waals surface area (Å²) in [6, 6.07) is 4.29. The van der Waals surface area contributed by atoms with Crippen LogP contribution in [-0.4, -0.2) is 12.6 Å². The normalized spacial score (nSPS) is 21.2. The molecule has 1 saturated heterocycles. The quantitative estimate of drug-likeness (QED) is 0.793. The van der Waals surface area contributed by atoms with Crippen LogP contribution in [0, 0.1) is 0 Å². The second-order valence-electron chi connectivity index (χ2n) is 4.37. The van der Waals surface area contributed by atoms with E-state index < -0.39 is 0 Å². The molecule has 0 unspecified atom stereocenters. The molecule has 0 saturated carbocycles. The summed E-state index contributed by atoms with van der Waals surface area (Å²) in [5.41, 5.74) is 7.55. The lowest BCUT2D eigenvalue weighted by Gasteiger charge is -2.36. The van der Waals surface area contributed by atoms with Crippen LogP contribution in [0.3, 0.4) is 0 Å². The fourth-order valence-electron chi connectivity index (χ4n) is 2.29. The molecule has 1 heterocycles. The van der Waals surface area contributed by atoms with Crippen molar-refractivity contribution in [3.8, 4) is 0 Å². The largest absolute Gasteiger partial charge is 0.399 e. The first-order valence-corrected chi connectivity index (χ1v) is 6.78. The first kappa shape index (κ1) is 12.1. The summed E-state index contributed by atoms with van der Waals surface area (Å²) in [7, 11) is 0. The van der Waals surface area contributed by atoms with Crippen LogP contribution in [0.2, 0.25) is 5.02 Å². The number of nitrogen functional groups attached to an aromatic ring is 1. The van der Waals surface area contributed by atoms with Gasteiger partial charge in [-0.3, -0.25) is 0 Å². The summed E-state index contributed by atoms with van der Waals surface area (Å²) in [5, 5.41) is 0.737. The summed E-state index contributed by atoms with van der Waals surface area (Å²) in [4.78, 5) is 2.37. The van der Waals surface area contributed by atoms with Crippen LogP contribution in [0.4, 0.5) is 11.4 Å². The second-order valence-corrected chi connectivity index (χ2v) is 5.63. The van der Waals surface area contributed by atoms with Crippen LogP contribution in [0.5, 0.6) is 0 Å². The molecule has 0 spiro atoms. The van der Waals surface area contributed by atoms with Gasteiger partial charge in [-0.1, -0.05) is 11.6 Å². The Bertz CT molecular complexity index is 372. The van der Waals surface area contributed by atoms with Crippen molar-refractivity contribution in [2.24, 2.45) is 0 Å². The van der Waals surface area contributed by atoms with Crippen molar-refractivity contribution in [3.63, 3.8) is 0 Å². The standard InChI is InChI=1S/C12H16BrClN2/c1-8-4-2-3-5-16(8)12-10(13)6-9(15)7-11(12)14/h6-8H,2-5,15H2,1H3/t8-/m0/s1. The zero-order valence-electron chi connectivity index (χ0n) is 9.34. The van der Waals surface area contributed by atoms with Crippen LogP contribution < -0.4 is 10.6 Å².